The average molecular weight is 164 g/mol. The first kappa shape index (κ1) is 7.27. The van der Waals surface area contributed by atoms with E-state index in [-0.39, 0.29) is 0 Å². The zero-order valence-electron chi connectivity index (χ0n) is 6.32. The molecule has 2 aromatic heterocycles. The van der Waals surface area contributed by atoms with Gasteiger partial charge >= 0.3 is 0 Å². The molecule has 0 radical (unpaired) electrons. The van der Waals surface area contributed by atoms with Gasteiger partial charge in [-0.1, -0.05) is 0 Å². The first-order valence-electron chi connectivity index (χ1n) is 3.59. The van der Waals surface area contributed by atoms with E-state index in [1.165, 1.54) is 0 Å². The van der Waals surface area contributed by atoms with Gasteiger partial charge in [0.05, 0.1) is 6.54 Å². The minimum Gasteiger partial charge on any atom is -0.460 e. The van der Waals surface area contributed by atoms with Crippen LogP contribution < -0.4 is 5.48 Å². The molecule has 0 aliphatic carbocycles. The van der Waals surface area contributed by atoms with Crippen LogP contribution in [0, 0.1) is 0 Å². The average Bonchev–Trinajstić information content (AvgIpc) is 2.47. The molecule has 0 spiro atoms. The highest BCUT2D eigenvalue weighted by molar-refractivity contribution is 5.76. The van der Waals surface area contributed by atoms with Crippen molar-refractivity contribution in [3.05, 3.63) is 30.3 Å². The quantitative estimate of drug-likeness (QED) is 0.657. The first-order chi connectivity index (χ1) is 5.90. The molecule has 0 aliphatic heterocycles. The van der Waals surface area contributed by atoms with Crippen molar-refractivity contribution in [1.82, 2.24) is 10.5 Å². The molecule has 0 saturated carbocycles. The van der Waals surface area contributed by atoms with Crippen molar-refractivity contribution in [1.29, 1.82) is 0 Å². The molecule has 0 amide bonds. The minimum atomic E-state index is 0.314. The van der Waals surface area contributed by atoms with Crippen LogP contribution in [0.1, 0.15) is 5.76 Å². The smallest absolute Gasteiger partial charge is 0.137 e. The Kier molecular flexibility index (Phi) is 1.77. The second-order valence-electron chi connectivity index (χ2n) is 2.46. The number of nitrogens with zero attached hydrogens (tertiary/aromatic N) is 1. The lowest BCUT2D eigenvalue weighted by atomic mass is 10.3. The van der Waals surface area contributed by atoms with Gasteiger partial charge < -0.3 is 9.62 Å². The Morgan fingerprint density at radius 1 is 1.58 bits per heavy atom. The van der Waals surface area contributed by atoms with Crippen LogP contribution >= 0.6 is 0 Å². The third-order valence-electron chi connectivity index (χ3n) is 1.62. The molecule has 2 aromatic rings. The molecule has 0 aliphatic rings. The summed E-state index contributed by atoms with van der Waals surface area (Å²) < 4.78 is 5.35. The molecule has 12 heavy (non-hydrogen) atoms. The van der Waals surface area contributed by atoms with E-state index >= 15 is 0 Å². The Morgan fingerprint density at radius 3 is 3.25 bits per heavy atom. The molecule has 4 nitrogen and oxygen atoms in total. The molecule has 0 bridgehead atoms. The summed E-state index contributed by atoms with van der Waals surface area (Å²) in [6.45, 7) is 0.314. The van der Waals surface area contributed by atoms with E-state index in [2.05, 4.69) is 4.98 Å². The molecular formula is C8H8N2O2. The van der Waals surface area contributed by atoms with E-state index in [0.717, 1.165) is 11.0 Å². The predicted molar refractivity (Wildman–Crippen MR) is 42.6 cm³/mol. The fraction of sp³-hybridized carbons (Fsp3) is 0.125. The first-order valence-corrected chi connectivity index (χ1v) is 3.59. The van der Waals surface area contributed by atoms with Crippen LogP contribution in [0.4, 0.5) is 0 Å². The van der Waals surface area contributed by atoms with Crippen LogP contribution in [0.25, 0.3) is 11.0 Å². The summed E-state index contributed by atoms with van der Waals surface area (Å²) in [5, 5.41) is 9.37. The molecule has 4 heteroatoms. The lowest BCUT2D eigenvalue weighted by Gasteiger charge is -1.89. The zero-order chi connectivity index (χ0) is 8.39. The summed E-state index contributed by atoms with van der Waals surface area (Å²) in [5.41, 5.74) is 2.82. The van der Waals surface area contributed by atoms with Gasteiger partial charge in [0, 0.05) is 17.8 Å². The molecule has 0 unspecified atom stereocenters. The maximum atomic E-state index is 8.42. The Balaban J connectivity index is 2.47. The number of hydrogen-bond acceptors (Lipinski definition) is 4. The summed E-state index contributed by atoms with van der Waals surface area (Å²) in [7, 11) is 0. The van der Waals surface area contributed by atoms with Gasteiger partial charge in [-0.05, 0) is 12.1 Å². The number of rotatable bonds is 2. The van der Waals surface area contributed by atoms with Gasteiger partial charge in [0.1, 0.15) is 11.3 Å². The monoisotopic (exact) mass is 164 g/mol. The van der Waals surface area contributed by atoms with Gasteiger partial charge in [0.2, 0.25) is 0 Å². The van der Waals surface area contributed by atoms with E-state index in [0.29, 0.717) is 12.3 Å². The predicted octanol–water partition coefficient (Wildman–Crippen LogP) is 1.31. The highest BCUT2D eigenvalue weighted by Crippen LogP contribution is 2.16. The second kappa shape index (κ2) is 2.92. The number of aromatic nitrogens is 1. The number of fused-ring (bicyclic) bond motifs is 1. The van der Waals surface area contributed by atoms with Crippen molar-refractivity contribution in [2.45, 2.75) is 6.54 Å². The van der Waals surface area contributed by atoms with Gasteiger partial charge in [-0.15, -0.1) is 0 Å². The van der Waals surface area contributed by atoms with Gasteiger partial charge in [0.25, 0.3) is 0 Å². The van der Waals surface area contributed by atoms with Crippen LogP contribution in [-0.4, -0.2) is 10.2 Å². The molecule has 0 saturated heterocycles. The molecule has 2 rings (SSSR count). The van der Waals surface area contributed by atoms with Crippen LogP contribution in [0.15, 0.2) is 28.9 Å². The van der Waals surface area contributed by atoms with Crippen LogP contribution in [0.5, 0.6) is 0 Å². The molecule has 2 N–H and O–H groups in total. The molecule has 0 atom stereocenters. The number of pyridine rings is 1. The Morgan fingerprint density at radius 2 is 2.50 bits per heavy atom. The molecule has 2 heterocycles. The number of hydroxylamine groups is 1. The standard InChI is InChI=1S/C8H8N2O2/c11-10-5-7-3-6-4-9-2-1-8(6)12-7/h1-4,10-11H,5H2. The van der Waals surface area contributed by atoms with Crippen molar-refractivity contribution in [3.8, 4) is 0 Å². The van der Waals surface area contributed by atoms with Crippen LogP contribution in [-0.2, 0) is 6.54 Å². The number of nitrogens with one attached hydrogen (secondary N) is 1. The summed E-state index contributed by atoms with van der Waals surface area (Å²) in [4.78, 5) is 3.94. The lowest BCUT2D eigenvalue weighted by molar-refractivity contribution is 0.154. The molecule has 0 fully saturated rings. The van der Waals surface area contributed by atoms with E-state index in [1.54, 1.807) is 18.5 Å². The van der Waals surface area contributed by atoms with E-state index < -0.39 is 0 Å². The van der Waals surface area contributed by atoms with Crippen LogP contribution in [0.2, 0.25) is 0 Å². The Labute approximate surface area is 68.8 Å². The third-order valence-corrected chi connectivity index (χ3v) is 1.62. The van der Waals surface area contributed by atoms with E-state index in [4.69, 9.17) is 9.62 Å². The molecule has 62 valence electrons. The van der Waals surface area contributed by atoms with Gasteiger partial charge in [-0.2, -0.15) is 5.48 Å². The van der Waals surface area contributed by atoms with Gasteiger partial charge in [-0.3, -0.25) is 4.98 Å². The fourth-order valence-corrected chi connectivity index (χ4v) is 1.10. The Bertz CT molecular complexity index is 350. The van der Waals surface area contributed by atoms with Crippen molar-refractivity contribution in [3.63, 3.8) is 0 Å². The maximum absolute atomic E-state index is 8.42. The molecular weight excluding hydrogens is 156 g/mol. The van der Waals surface area contributed by atoms with Gasteiger partial charge in [0.15, 0.2) is 0 Å². The highest BCUT2D eigenvalue weighted by atomic mass is 16.5. The molecule has 0 aromatic carbocycles. The summed E-state index contributed by atoms with van der Waals surface area (Å²) in [5.74, 6) is 0.695. The topological polar surface area (TPSA) is 58.3 Å². The minimum absolute atomic E-state index is 0.314. The summed E-state index contributed by atoms with van der Waals surface area (Å²) in [6, 6.07) is 3.63. The second-order valence-corrected chi connectivity index (χ2v) is 2.46. The van der Waals surface area contributed by atoms with Crippen LogP contribution in [0.3, 0.4) is 0 Å². The van der Waals surface area contributed by atoms with E-state index in [9.17, 15) is 0 Å². The fourth-order valence-electron chi connectivity index (χ4n) is 1.10. The summed E-state index contributed by atoms with van der Waals surface area (Å²) >= 11 is 0. The number of furan rings is 1. The van der Waals surface area contributed by atoms with Crippen molar-refractivity contribution >= 4 is 11.0 Å². The Hall–Kier alpha value is -1.39. The largest absolute Gasteiger partial charge is 0.460 e. The van der Waals surface area contributed by atoms with Gasteiger partial charge in [-0.25, -0.2) is 0 Å². The number of hydrogen-bond donors (Lipinski definition) is 2. The third kappa shape index (κ3) is 1.17. The zero-order valence-corrected chi connectivity index (χ0v) is 6.32. The maximum Gasteiger partial charge on any atom is 0.137 e. The lowest BCUT2D eigenvalue weighted by Crippen LogP contribution is -2.04. The SMILES string of the molecule is ONCc1cc2cnccc2o1. The summed E-state index contributed by atoms with van der Waals surface area (Å²) in [6.07, 6.45) is 3.39. The van der Waals surface area contributed by atoms with Crippen molar-refractivity contribution in [2.75, 3.05) is 0 Å². The normalized spacial score (nSPS) is 10.8. The van der Waals surface area contributed by atoms with Crippen molar-refractivity contribution in [2.24, 2.45) is 0 Å². The van der Waals surface area contributed by atoms with E-state index in [1.807, 2.05) is 11.5 Å². The highest BCUT2D eigenvalue weighted by Gasteiger charge is 2.01. The van der Waals surface area contributed by atoms with Crippen molar-refractivity contribution < 1.29 is 9.62 Å².